The van der Waals surface area contributed by atoms with Crippen molar-refractivity contribution >= 4 is 17.5 Å². The molecule has 2 rings (SSSR count). The van der Waals surface area contributed by atoms with Crippen LogP contribution in [0.2, 0.25) is 5.02 Å². The zero-order valence-corrected chi connectivity index (χ0v) is 13.0. The molecular weight excluding hydrogens is 284 g/mol. The van der Waals surface area contributed by atoms with E-state index in [0.29, 0.717) is 11.4 Å². The highest BCUT2D eigenvalue weighted by Gasteiger charge is 2.31. The SMILES string of the molecule is N#CC1(NC(=O)Cc2ccc(Cl)cc2)CCCCCCC1. The van der Waals surface area contributed by atoms with Gasteiger partial charge in [0.1, 0.15) is 5.54 Å². The Bertz CT molecular complexity index is 511. The lowest BCUT2D eigenvalue weighted by Gasteiger charge is -2.29. The maximum absolute atomic E-state index is 12.2. The molecule has 0 radical (unpaired) electrons. The molecule has 1 saturated carbocycles. The van der Waals surface area contributed by atoms with Crippen LogP contribution in [0.25, 0.3) is 0 Å². The molecule has 0 aliphatic heterocycles. The molecule has 3 nitrogen and oxygen atoms in total. The predicted octanol–water partition coefficient (Wildman–Crippen LogP) is 4.01. The van der Waals surface area contributed by atoms with E-state index in [1.807, 2.05) is 12.1 Å². The van der Waals surface area contributed by atoms with Gasteiger partial charge in [-0.3, -0.25) is 4.79 Å². The summed E-state index contributed by atoms with van der Waals surface area (Å²) in [5.41, 5.74) is 0.236. The smallest absolute Gasteiger partial charge is 0.225 e. The van der Waals surface area contributed by atoms with Crippen LogP contribution in [0, 0.1) is 11.3 Å². The molecule has 1 aliphatic rings. The van der Waals surface area contributed by atoms with Crippen molar-refractivity contribution in [2.75, 3.05) is 0 Å². The number of carbonyl (C=O) groups excluding carboxylic acids is 1. The maximum Gasteiger partial charge on any atom is 0.225 e. The van der Waals surface area contributed by atoms with Gasteiger partial charge >= 0.3 is 0 Å². The van der Waals surface area contributed by atoms with Crippen LogP contribution in [0.4, 0.5) is 0 Å². The first-order valence-electron chi connectivity index (χ1n) is 7.60. The molecule has 1 fully saturated rings. The highest BCUT2D eigenvalue weighted by molar-refractivity contribution is 6.30. The molecular formula is C17H21ClN2O. The summed E-state index contributed by atoms with van der Waals surface area (Å²) in [7, 11) is 0. The number of hydrogen-bond donors (Lipinski definition) is 1. The second kappa shape index (κ2) is 7.47. The molecule has 1 aromatic carbocycles. The maximum atomic E-state index is 12.2. The van der Waals surface area contributed by atoms with E-state index < -0.39 is 5.54 Å². The van der Waals surface area contributed by atoms with Gasteiger partial charge in [0.2, 0.25) is 5.91 Å². The van der Waals surface area contributed by atoms with Gasteiger partial charge in [-0.15, -0.1) is 0 Å². The fraction of sp³-hybridized carbons (Fsp3) is 0.529. The lowest BCUT2D eigenvalue weighted by molar-refractivity contribution is -0.122. The Balaban J connectivity index is 1.98. The third-order valence-electron chi connectivity index (χ3n) is 4.08. The van der Waals surface area contributed by atoms with Crippen LogP contribution in [0.5, 0.6) is 0 Å². The Morgan fingerprint density at radius 1 is 1.14 bits per heavy atom. The van der Waals surface area contributed by atoms with Gasteiger partial charge in [-0.05, 0) is 30.5 Å². The van der Waals surface area contributed by atoms with Gasteiger partial charge in [-0.1, -0.05) is 55.8 Å². The summed E-state index contributed by atoms with van der Waals surface area (Å²) in [6, 6.07) is 9.61. The van der Waals surface area contributed by atoms with E-state index >= 15 is 0 Å². The number of nitrogens with zero attached hydrogens (tertiary/aromatic N) is 1. The van der Waals surface area contributed by atoms with E-state index in [4.69, 9.17) is 11.6 Å². The third kappa shape index (κ3) is 4.75. The van der Waals surface area contributed by atoms with Gasteiger partial charge in [-0.2, -0.15) is 5.26 Å². The average molecular weight is 305 g/mol. The Kier molecular flexibility index (Phi) is 5.64. The van der Waals surface area contributed by atoms with Crippen molar-refractivity contribution in [3.63, 3.8) is 0 Å². The number of benzene rings is 1. The monoisotopic (exact) mass is 304 g/mol. The average Bonchev–Trinajstić information content (AvgIpc) is 2.45. The number of amides is 1. The van der Waals surface area contributed by atoms with Gasteiger partial charge in [-0.25, -0.2) is 0 Å². The summed E-state index contributed by atoms with van der Waals surface area (Å²) in [6.07, 6.45) is 7.36. The summed E-state index contributed by atoms with van der Waals surface area (Å²) in [5, 5.41) is 13.2. The normalized spacial score (nSPS) is 18.1. The van der Waals surface area contributed by atoms with Gasteiger partial charge in [0.25, 0.3) is 0 Å². The lowest BCUT2D eigenvalue weighted by Crippen LogP contribution is -2.48. The standard InChI is InChI=1S/C17H21ClN2O/c18-15-8-6-14(7-9-15)12-16(21)20-17(13-19)10-4-2-1-3-5-11-17/h6-9H,1-5,10-12H2,(H,20,21). The van der Waals surface area contributed by atoms with Gasteiger partial charge in [0, 0.05) is 5.02 Å². The van der Waals surface area contributed by atoms with Gasteiger partial charge < -0.3 is 5.32 Å². The molecule has 1 aromatic rings. The first-order valence-corrected chi connectivity index (χ1v) is 7.98. The molecule has 0 saturated heterocycles. The summed E-state index contributed by atoms with van der Waals surface area (Å²) in [4.78, 5) is 12.2. The predicted molar refractivity (Wildman–Crippen MR) is 84.0 cm³/mol. The molecule has 21 heavy (non-hydrogen) atoms. The Morgan fingerprint density at radius 3 is 2.29 bits per heavy atom. The minimum atomic E-state index is -0.677. The topological polar surface area (TPSA) is 52.9 Å². The Hall–Kier alpha value is -1.53. The molecule has 0 bridgehead atoms. The fourth-order valence-electron chi connectivity index (χ4n) is 2.87. The fourth-order valence-corrected chi connectivity index (χ4v) is 3.00. The van der Waals surface area contributed by atoms with Crippen LogP contribution < -0.4 is 5.32 Å². The highest BCUT2D eigenvalue weighted by atomic mass is 35.5. The molecule has 0 atom stereocenters. The summed E-state index contributed by atoms with van der Waals surface area (Å²) in [5.74, 6) is -0.0838. The van der Waals surface area contributed by atoms with E-state index in [2.05, 4.69) is 11.4 Å². The summed E-state index contributed by atoms with van der Waals surface area (Å²) >= 11 is 5.84. The van der Waals surface area contributed by atoms with E-state index in [1.54, 1.807) is 12.1 Å². The first kappa shape index (κ1) is 15.9. The molecule has 0 heterocycles. The quantitative estimate of drug-likeness (QED) is 0.917. The molecule has 0 unspecified atom stereocenters. The van der Waals surface area contributed by atoms with Crippen molar-refractivity contribution in [2.45, 2.75) is 56.9 Å². The Labute approximate surface area is 131 Å². The lowest BCUT2D eigenvalue weighted by atomic mass is 9.85. The number of hydrogen-bond acceptors (Lipinski definition) is 2. The molecule has 112 valence electrons. The van der Waals surface area contributed by atoms with Crippen LogP contribution >= 0.6 is 11.6 Å². The number of nitriles is 1. The Morgan fingerprint density at radius 2 is 1.71 bits per heavy atom. The number of nitrogens with one attached hydrogen (secondary N) is 1. The number of rotatable bonds is 3. The molecule has 0 aromatic heterocycles. The van der Waals surface area contributed by atoms with Crippen molar-refractivity contribution in [1.29, 1.82) is 5.26 Å². The minimum absolute atomic E-state index is 0.0838. The van der Waals surface area contributed by atoms with Crippen molar-refractivity contribution in [2.24, 2.45) is 0 Å². The molecule has 1 aliphatic carbocycles. The van der Waals surface area contributed by atoms with Crippen LogP contribution in [-0.4, -0.2) is 11.4 Å². The van der Waals surface area contributed by atoms with E-state index in [-0.39, 0.29) is 5.91 Å². The summed E-state index contributed by atoms with van der Waals surface area (Å²) in [6.45, 7) is 0. The van der Waals surface area contributed by atoms with Crippen molar-refractivity contribution in [1.82, 2.24) is 5.32 Å². The van der Waals surface area contributed by atoms with Crippen LogP contribution in [-0.2, 0) is 11.2 Å². The summed E-state index contributed by atoms with van der Waals surface area (Å²) < 4.78 is 0. The number of carbonyl (C=O) groups is 1. The molecule has 4 heteroatoms. The molecule has 0 spiro atoms. The number of halogens is 1. The van der Waals surface area contributed by atoms with Gasteiger partial charge in [0.05, 0.1) is 12.5 Å². The van der Waals surface area contributed by atoms with Crippen molar-refractivity contribution in [3.05, 3.63) is 34.9 Å². The molecule has 1 amide bonds. The molecule has 1 N–H and O–H groups in total. The highest BCUT2D eigenvalue weighted by Crippen LogP contribution is 2.26. The first-order chi connectivity index (χ1) is 10.1. The van der Waals surface area contributed by atoms with Crippen LogP contribution in [0.1, 0.15) is 50.5 Å². The van der Waals surface area contributed by atoms with Crippen molar-refractivity contribution in [3.8, 4) is 6.07 Å². The van der Waals surface area contributed by atoms with Crippen molar-refractivity contribution < 1.29 is 4.79 Å². The van der Waals surface area contributed by atoms with E-state index in [9.17, 15) is 10.1 Å². The largest absolute Gasteiger partial charge is 0.338 e. The zero-order chi connectivity index (χ0) is 15.1. The van der Waals surface area contributed by atoms with Crippen LogP contribution in [0.15, 0.2) is 24.3 Å². The second-order valence-corrected chi connectivity index (χ2v) is 6.25. The van der Waals surface area contributed by atoms with Crippen LogP contribution in [0.3, 0.4) is 0 Å². The zero-order valence-electron chi connectivity index (χ0n) is 12.2. The van der Waals surface area contributed by atoms with E-state index in [1.165, 1.54) is 6.42 Å². The third-order valence-corrected chi connectivity index (χ3v) is 4.33. The second-order valence-electron chi connectivity index (χ2n) is 5.81. The van der Waals surface area contributed by atoms with E-state index in [0.717, 1.165) is 44.1 Å². The minimum Gasteiger partial charge on any atom is -0.338 e. The van der Waals surface area contributed by atoms with Gasteiger partial charge in [0.15, 0.2) is 0 Å².